The first-order valence-electron chi connectivity index (χ1n) is 4.74. The number of aromatic nitrogens is 1. The predicted molar refractivity (Wildman–Crippen MR) is 54.9 cm³/mol. The Hall–Kier alpha value is -0.840. The number of ether oxygens (including phenoxy) is 2. The van der Waals surface area contributed by atoms with E-state index in [-0.39, 0.29) is 6.29 Å². The van der Waals surface area contributed by atoms with Gasteiger partial charge in [-0.1, -0.05) is 0 Å². The Morgan fingerprint density at radius 3 is 2.71 bits per heavy atom. The van der Waals surface area contributed by atoms with Crippen LogP contribution in [0.3, 0.4) is 0 Å². The zero-order chi connectivity index (χ0) is 10.4. The third-order valence-electron chi connectivity index (χ3n) is 2.14. The molecule has 0 spiro atoms. The maximum Gasteiger partial charge on any atom is 0.198 e. The van der Waals surface area contributed by atoms with Crippen molar-refractivity contribution in [3.8, 4) is 0 Å². The summed E-state index contributed by atoms with van der Waals surface area (Å²) in [5.41, 5.74) is 6.49. The van der Waals surface area contributed by atoms with Crippen molar-refractivity contribution >= 4 is 0 Å². The summed E-state index contributed by atoms with van der Waals surface area (Å²) >= 11 is 0. The molecular weight excluding hydrogens is 180 g/mol. The van der Waals surface area contributed by atoms with E-state index in [9.17, 15) is 0 Å². The van der Waals surface area contributed by atoms with Gasteiger partial charge in [-0.05, 0) is 25.1 Å². The Balaban J connectivity index is 2.69. The molecule has 1 aromatic rings. The molecule has 0 radical (unpaired) electrons. The molecule has 0 saturated carbocycles. The number of hydrogen-bond acceptors (Lipinski definition) is 3. The molecule has 0 aliphatic rings. The molecule has 0 fully saturated rings. The summed E-state index contributed by atoms with van der Waals surface area (Å²) in [7, 11) is 3.27. The topological polar surface area (TPSA) is 49.4 Å². The molecule has 0 aliphatic heterocycles. The summed E-state index contributed by atoms with van der Waals surface area (Å²) < 4.78 is 12.5. The van der Waals surface area contributed by atoms with Crippen LogP contribution in [0.2, 0.25) is 0 Å². The van der Waals surface area contributed by atoms with E-state index in [1.807, 2.05) is 18.3 Å². The smallest absolute Gasteiger partial charge is 0.198 e. The third kappa shape index (κ3) is 2.57. The standard InChI is InChI=1S/C10H18N2O2/c1-13-10(14-2)9-5-3-7-12(9)8-4-6-11/h3,5,7,10H,4,6,8,11H2,1-2H3. The molecule has 80 valence electrons. The van der Waals surface area contributed by atoms with Crippen LogP contribution in [0.4, 0.5) is 0 Å². The highest BCUT2D eigenvalue weighted by atomic mass is 16.7. The fourth-order valence-corrected chi connectivity index (χ4v) is 1.44. The Labute approximate surface area is 84.6 Å². The lowest BCUT2D eigenvalue weighted by atomic mass is 10.4. The monoisotopic (exact) mass is 198 g/mol. The van der Waals surface area contributed by atoms with Gasteiger partial charge in [-0.3, -0.25) is 0 Å². The van der Waals surface area contributed by atoms with Crippen LogP contribution in [0.15, 0.2) is 18.3 Å². The molecule has 1 heterocycles. The first-order chi connectivity index (χ1) is 6.83. The van der Waals surface area contributed by atoms with Crippen molar-refractivity contribution in [3.05, 3.63) is 24.0 Å². The Bertz CT molecular complexity index is 256. The zero-order valence-electron chi connectivity index (χ0n) is 8.77. The minimum Gasteiger partial charge on any atom is -0.350 e. The molecule has 0 unspecified atom stereocenters. The molecule has 1 aromatic heterocycles. The van der Waals surface area contributed by atoms with E-state index in [0.717, 1.165) is 18.7 Å². The molecule has 4 nitrogen and oxygen atoms in total. The number of methoxy groups -OCH3 is 2. The molecule has 0 aromatic carbocycles. The number of aryl methyl sites for hydroxylation is 1. The number of rotatable bonds is 6. The van der Waals surface area contributed by atoms with Crippen molar-refractivity contribution in [2.45, 2.75) is 19.3 Å². The fraction of sp³-hybridized carbons (Fsp3) is 0.600. The highest BCUT2D eigenvalue weighted by molar-refractivity contribution is 5.08. The van der Waals surface area contributed by atoms with Crippen LogP contribution in [0.1, 0.15) is 18.4 Å². The lowest BCUT2D eigenvalue weighted by Crippen LogP contribution is -2.12. The van der Waals surface area contributed by atoms with E-state index in [1.165, 1.54) is 0 Å². The van der Waals surface area contributed by atoms with E-state index in [4.69, 9.17) is 15.2 Å². The van der Waals surface area contributed by atoms with Gasteiger partial charge in [0, 0.05) is 27.0 Å². The maximum absolute atomic E-state index is 5.46. The first-order valence-corrected chi connectivity index (χ1v) is 4.74. The molecule has 0 atom stereocenters. The second-order valence-electron chi connectivity index (χ2n) is 3.07. The van der Waals surface area contributed by atoms with Gasteiger partial charge in [0.05, 0.1) is 5.69 Å². The fourth-order valence-electron chi connectivity index (χ4n) is 1.44. The van der Waals surface area contributed by atoms with Crippen LogP contribution >= 0.6 is 0 Å². The van der Waals surface area contributed by atoms with Gasteiger partial charge >= 0.3 is 0 Å². The highest BCUT2D eigenvalue weighted by Gasteiger charge is 2.12. The van der Waals surface area contributed by atoms with Crippen LogP contribution < -0.4 is 5.73 Å². The summed E-state index contributed by atoms with van der Waals surface area (Å²) in [6.45, 7) is 1.60. The average Bonchev–Trinajstić information content (AvgIpc) is 2.65. The Kier molecular flexibility index (Phi) is 4.65. The second-order valence-corrected chi connectivity index (χ2v) is 3.07. The number of nitrogens with zero attached hydrogens (tertiary/aromatic N) is 1. The number of nitrogens with two attached hydrogens (primary N) is 1. The lowest BCUT2D eigenvalue weighted by molar-refractivity contribution is -0.110. The van der Waals surface area contributed by atoms with E-state index >= 15 is 0 Å². The summed E-state index contributed by atoms with van der Waals surface area (Å²) in [6.07, 6.45) is 2.68. The zero-order valence-corrected chi connectivity index (χ0v) is 8.77. The Morgan fingerprint density at radius 1 is 1.43 bits per heavy atom. The molecule has 2 N–H and O–H groups in total. The van der Waals surface area contributed by atoms with Crippen molar-refractivity contribution in [2.75, 3.05) is 20.8 Å². The quantitative estimate of drug-likeness (QED) is 0.697. The predicted octanol–water partition coefficient (Wildman–Crippen LogP) is 1.13. The van der Waals surface area contributed by atoms with E-state index in [0.29, 0.717) is 6.54 Å². The van der Waals surface area contributed by atoms with Gasteiger partial charge in [0.15, 0.2) is 6.29 Å². The van der Waals surface area contributed by atoms with Gasteiger partial charge in [-0.25, -0.2) is 0 Å². The van der Waals surface area contributed by atoms with E-state index in [2.05, 4.69) is 4.57 Å². The van der Waals surface area contributed by atoms with E-state index in [1.54, 1.807) is 14.2 Å². The molecule has 0 aliphatic carbocycles. The molecule has 0 amide bonds. The molecule has 1 rings (SSSR count). The normalized spacial score (nSPS) is 11.1. The SMILES string of the molecule is COC(OC)c1cccn1CCCN. The van der Waals surface area contributed by atoms with Crippen molar-refractivity contribution in [1.29, 1.82) is 0 Å². The maximum atomic E-state index is 5.46. The van der Waals surface area contributed by atoms with Crippen LogP contribution in [-0.2, 0) is 16.0 Å². The first kappa shape index (κ1) is 11.2. The Morgan fingerprint density at radius 2 is 2.14 bits per heavy atom. The summed E-state index contributed by atoms with van der Waals surface area (Å²) in [5, 5.41) is 0. The van der Waals surface area contributed by atoms with Crippen molar-refractivity contribution in [1.82, 2.24) is 4.57 Å². The van der Waals surface area contributed by atoms with Gasteiger partial charge in [-0.2, -0.15) is 0 Å². The minimum absolute atomic E-state index is 0.289. The summed E-state index contributed by atoms with van der Waals surface area (Å²) in [6, 6.07) is 3.98. The van der Waals surface area contributed by atoms with Gasteiger partial charge in [0.1, 0.15) is 0 Å². The average molecular weight is 198 g/mol. The molecule has 14 heavy (non-hydrogen) atoms. The minimum atomic E-state index is -0.289. The molecular formula is C10H18N2O2. The number of hydrogen-bond donors (Lipinski definition) is 1. The molecule has 4 heteroatoms. The van der Waals surface area contributed by atoms with Crippen molar-refractivity contribution in [3.63, 3.8) is 0 Å². The lowest BCUT2D eigenvalue weighted by Gasteiger charge is -2.16. The van der Waals surface area contributed by atoms with Gasteiger partial charge in [0.25, 0.3) is 0 Å². The van der Waals surface area contributed by atoms with Crippen LogP contribution in [0.25, 0.3) is 0 Å². The van der Waals surface area contributed by atoms with Crippen molar-refractivity contribution in [2.24, 2.45) is 5.73 Å². The van der Waals surface area contributed by atoms with Gasteiger partial charge in [0.2, 0.25) is 0 Å². The van der Waals surface area contributed by atoms with Crippen LogP contribution in [0.5, 0.6) is 0 Å². The second kappa shape index (κ2) is 5.80. The molecule has 0 bridgehead atoms. The summed E-state index contributed by atoms with van der Waals surface area (Å²) in [4.78, 5) is 0. The molecule has 0 saturated heterocycles. The van der Waals surface area contributed by atoms with Gasteiger partial charge < -0.3 is 19.8 Å². The van der Waals surface area contributed by atoms with Crippen LogP contribution in [0, 0.1) is 0 Å². The van der Waals surface area contributed by atoms with Crippen LogP contribution in [-0.4, -0.2) is 25.3 Å². The largest absolute Gasteiger partial charge is 0.350 e. The van der Waals surface area contributed by atoms with E-state index < -0.39 is 0 Å². The van der Waals surface area contributed by atoms with Gasteiger partial charge in [-0.15, -0.1) is 0 Å². The highest BCUT2D eigenvalue weighted by Crippen LogP contribution is 2.17. The summed E-state index contributed by atoms with van der Waals surface area (Å²) in [5.74, 6) is 0. The van der Waals surface area contributed by atoms with Crippen molar-refractivity contribution < 1.29 is 9.47 Å². The third-order valence-corrected chi connectivity index (χ3v) is 2.14.